The molecule has 1 saturated heterocycles. The van der Waals surface area contributed by atoms with Crippen LogP contribution in [0.5, 0.6) is 5.75 Å². The highest BCUT2D eigenvalue weighted by molar-refractivity contribution is 5.55. The molecule has 0 aliphatic carbocycles. The van der Waals surface area contributed by atoms with Crippen LogP contribution in [-0.4, -0.2) is 17.3 Å². The summed E-state index contributed by atoms with van der Waals surface area (Å²) in [4.78, 5) is 4.56. The van der Waals surface area contributed by atoms with Gasteiger partial charge in [0.15, 0.2) is 0 Å². The molecule has 0 bridgehead atoms. The van der Waals surface area contributed by atoms with Gasteiger partial charge in [0.2, 0.25) is 11.7 Å². The molecular formula is C20H22N4O2. The first kappa shape index (κ1) is 16.8. The largest absolute Gasteiger partial charge is 0.497 e. The van der Waals surface area contributed by atoms with E-state index in [0.29, 0.717) is 11.7 Å². The van der Waals surface area contributed by atoms with Gasteiger partial charge >= 0.3 is 0 Å². The maximum absolute atomic E-state index is 5.50. The van der Waals surface area contributed by atoms with Crippen molar-refractivity contribution in [1.29, 1.82) is 0 Å². The van der Waals surface area contributed by atoms with Gasteiger partial charge in [-0.3, -0.25) is 0 Å². The molecule has 134 valence electrons. The number of nitrogens with zero attached hydrogens (tertiary/aromatic N) is 2. The lowest BCUT2D eigenvalue weighted by Gasteiger charge is -2.13. The fourth-order valence-electron chi connectivity index (χ4n) is 3.29. The molecule has 26 heavy (non-hydrogen) atoms. The minimum atomic E-state index is -0.0144. The normalized spacial score (nSPS) is 19.7. The average Bonchev–Trinajstić information content (AvgIpc) is 3.33. The van der Waals surface area contributed by atoms with Gasteiger partial charge in [0.25, 0.3) is 0 Å². The van der Waals surface area contributed by atoms with E-state index >= 15 is 0 Å². The number of methoxy groups -OCH3 is 1. The van der Waals surface area contributed by atoms with Gasteiger partial charge in [0, 0.05) is 11.6 Å². The van der Waals surface area contributed by atoms with E-state index in [1.807, 2.05) is 24.3 Å². The molecule has 1 aromatic heterocycles. The van der Waals surface area contributed by atoms with Crippen molar-refractivity contribution >= 4 is 0 Å². The van der Waals surface area contributed by atoms with E-state index in [1.54, 1.807) is 7.11 Å². The summed E-state index contributed by atoms with van der Waals surface area (Å²) in [6.45, 7) is 4.25. The standard InChI is InChI=1S/C20H22N4O2/c1-12-4-5-13(2)16(10-12)17-11-18(23-22-17)20-21-19(24-26-20)14-6-8-15(25-3)9-7-14/h4-10,17-18,22-23H,11H2,1-3H3. The third-order valence-electron chi connectivity index (χ3n) is 4.80. The number of benzene rings is 2. The van der Waals surface area contributed by atoms with Crippen molar-refractivity contribution in [2.45, 2.75) is 32.4 Å². The zero-order valence-corrected chi connectivity index (χ0v) is 15.1. The molecule has 2 N–H and O–H groups in total. The Morgan fingerprint density at radius 1 is 1.04 bits per heavy atom. The summed E-state index contributed by atoms with van der Waals surface area (Å²) >= 11 is 0. The maximum Gasteiger partial charge on any atom is 0.245 e. The van der Waals surface area contributed by atoms with E-state index in [1.165, 1.54) is 16.7 Å². The van der Waals surface area contributed by atoms with Gasteiger partial charge < -0.3 is 9.26 Å². The lowest BCUT2D eigenvalue weighted by molar-refractivity contribution is 0.340. The second kappa shape index (κ2) is 6.90. The van der Waals surface area contributed by atoms with Crippen molar-refractivity contribution in [3.63, 3.8) is 0 Å². The van der Waals surface area contributed by atoms with Gasteiger partial charge in [-0.15, -0.1) is 0 Å². The highest BCUT2D eigenvalue weighted by atomic mass is 16.5. The lowest BCUT2D eigenvalue weighted by atomic mass is 9.96. The van der Waals surface area contributed by atoms with Gasteiger partial charge in [-0.1, -0.05) is 28.9 Å². The molecule has 2 aromatic carbocycles. The second-order valence-corrected chi connectivity index (χ2v) is 6.67. The Morgan fingerprint density at radius 2 is 1.81 bits per heavy atom. The van der Waals surface area contributed by atoms with Crippen LogP contribution < -0.4 is 15.6 Å². The first-order valence-electron chi connectivity index (χ1n) is 8.70. The molecule has 0 spiro atoms. The molecule has 6 nitrogen and oxygen atoms in total. The average molecular weight is 350 g/mol. The summed E-state index contributed by atoms with van der Waals surface area (Å²) in [5.74, 6) is 1.98. The highest BCUT2D eigenvalue weighted by Crippen LogP contribution is 2.32. The molecule has 2 atom stereocenters. The van der Waals surface area contributed by atoms with Crippen LogP contribution in [-0.2, 0) is 0 Å². The number of hydrogen-bond acceptors (Lipinski definition) is 6. The first-order valence-corrected chi connectivity index (χ1v) is 8.70. The quantitative estimate of drug-likeness (QED) is 0.748. The van der Waals surface area contributed by atoms with Crippen LogP contribution in [0.2, 0.25) is 0 Å². The molecule has 4 rings (SSSR count). The topological polar surface area (TPSA) is 72.2 Å². The number of ether oxygens (including phenoxy) is 1. The van der Waals surface area contributed by atoms with Crippen molar-refractivity contribution in [2.75, 3.05) is 7.11 Å². The van der Waals surface area contributed by atoms with E-state index in [0.717, 1.165) is 17.7 Å². The lowest BCUT2D eigenvalue weighted by Crippen LogP contribution is -2.27. The number of aryl methyl sites for hydroxylation is 2. The predicted molar refractivity (Wildman–Crippen MR) is 98.6 cm³/mol. The number of rotatable bonds is 4. The van der Waals surface area contributed by atoms with Crippen LogP contribution in [0.3, 0.4) is 0 Å². The molecule has 0 saturated carbocycles. The molecule has 1 fully saturated rings. The molecule has 0 amide bonds. The van der Waals surface area contributed by atoms with Gasteiger partial charge in [-0.05, 0) is 55.7 Å². The van der Waals surface area contributed by atoms with Crippen LogP contribution in [0.25, 0.3) is 11.4 Å². The van der Waals surface area contributed by atoms with E-state index in [-0.39, 0.29) is 12.1 Å². The van der Waals surface area contributed by atoms with Crippen molar-refractivity contribution in [3.8, 4) is 17.1 Å². The maximum atomic E-state index is 5.50. The summed E-state index contributed by atoms with van der Waals surface area (Å²) in [6, 6.07) is 14.4. The third kappa shape index (κ3) is 3.21. The van der Waals surface area contributed by atoms with E-state index in [4.69, 9.17) is 9.26 Å². The van der Waals surface area contributed by atoms with Gasteiger partial charge in [0.1, 0.15) is 11.8 Å². The molecule has 2 unspecified atom stereocenters. The summed E-state index contributed by atoms with van der Waals surface area (Å²) < 4.78 is 10.7. The fraction of sp³-hybridized carbons (Fsp3) is 0.300. The van der Waals surface area contributed by atoms with Gasteiger partial charge in [-0.2, -0.15) is 4.98 Å². The Labute approximate surface area is 152 Å². The number of nitrogens with one attached hydrogen (secondary N) is 2. The van der Waals surface area contributed by atoms with E-state index in [2.05, 4.69) is 53.0 Å². The third-order valence-corrected chi connectivity index (χ3v) is 4.80. The van der Waals surface area contributed by atoms with Crippen molar-refractivity contribution < 1.29 is 9.26 Å². The summed E-state index contributed by atoms with van der Waals surface area (Å²) in [6.07, 6.45) is 0.856. The molecule has 6 heteroatoms. The van der Waals surface area contributed by atoms with E-state index in [9.17, 15) is 0 Å². The zero-order valence-electron chi connectivity index (χ0n) is 15.1. The Bertz CT molecular complexity index is 904. The van der Waals surface area contributed by atoms with Crippen molar-refractivity contribution in [3.05, 3.63) is 65.0 Å². The number of hydrazine groups is 1. The minimum Gasteiger partial charge on any atom is -0.497 e. The molecule has 0 radical (unpaired) electrons. The Balaban J connectivity index is 1.51. The first-order chi connectivity index (χ1) is 12.6. The Hall–Kier alpha value is -2.70. The van der Waals surface area contributed by atoms with Crippen molar-refractivity contribution in [2.24, 2.45) is 0 Å². The summed E-state index contributed by atoms with van der Waals surface area (Å²) in [5, 5.41) is 4.12. The van der Waals surface area contributed by atoms with Gasteiger partial charge in [0.05, 0.1) is 7.11 Å². The van der Waals surface area contributed by atoms with Gasteiger partial charge in [-0.25, -0.2) is 10.9 Å². The molecular weight excluding hydrogens is 328 g/mol. The number of hydrogen-bond donors (Lipinski definition) is 2. The number of aromatic nitrogens is 2. The Kier molecular flexibility index (Phi) is 4.44. The van der Waals surface area contributed by atoms with Crippen LogP contribution in [0, 0.1) is 13.8 Å². The van der Waals surface area contributed by atoms with Crippen LogP contribution in [0.15, 0.2) is 47.0 Å². The zero-order chi connectivity index (χ0) is 18.1. The van der Waals surface area contributed by atoms with Crippen LogP contribution in [0.4, 0.5) is 0 Å². The summed E-state index contributed by atoms with van der Waals surface area (Å²) in [5.41, 5.74) is 11.4. The SMILES string of the molecule is COc1ccc(-c2noc(C3CC(c4cc(C)ccc4C)NN3)n2)cc1. The van der Waals surface area contributed by atoms with Crippen LogP contribution in [0.1, 0.15) is 41.1 Å². The monoisotopic (exact) mass is 350 g/mol. The molecule has 2 heterocycles. The fourth-order valence-corrected chi connectivity index (χ4v) is 3.29. The van der Waals surface area contributed by atoms with Crippen LogP contribution >= 0.6 is 0 Å². The Morgan fingerprint density at radius 3 is 2.58 bits per heavy atom. The molecule has 3 aromatic rings. The highest BCUT2D eigenvalue weighted by Gasteiger charge is 2.31. The molecule has 1 aliphatic heterocycles. The van der Waals surface area contributed by atoms with E-state index < -0.39 is 0 Å². The minimum absolute atomic E-state index is 0.0144. The second-order valence-electron chi connectivity index (χ2n) is 6.67. The predicted octanol–water partition coefficient (Wildman–Crippen LogP) is 3.64. The summed E-state index contributed by atoms with van der Waals surface area (Å²) in [7, 11) is 1.65. The smallest absolute Gasteiger partial charge is 0.245 e. The van der Waals surface area contributed by atoms with Crippen molar-refractivity contribution in [1.82, 2.24) is 21.0 Å². The molecule has 1 aliphatic rings.